The Labute approximate surface area is 178 Å². The van der Waals surface area contributed by atoms with Crippen molar-refractivity contribution < 1.29 is 4.74 Å². The van der Waals surface area contributed by atoms with Gasteiger partial charge in [0.2, 0.25) is 0 Å². The molecule has 3 aromatic carbocycles. The maximum absolute atomic E-state index is 6.25. The molecule has 0 spiro atoms. The van der Waals surface area contributed by atoms with E-state index in [1.54, 1.807) is 0 Å². The molecule has 1 unspecified atom stereocenters. The summed E-state index contributed by atoms with van der Waals surface area (Å²) in [6.07, 6.45) is 0. The average Bonchev–Trinajstić information content (AvgIpc) is 2.67. The maximum atomic E-state index is 6.25. The van der Waals surface area contributed by atoms with Gasteiger partial charge in [0.15, 0.2) is 0 Å². The van der Waals surface area contributed by atoms with Gasteiger partial charge in [-0.2, -0.15) is 0 Å². The molecule has 5 heteroatoms. The monoisotopic (exact) mass is 463 g/mol. The average molecular weight is 465 g/mol. The van der Waals surface area contributed by atoms with Crippen LogP contribution in [0.2, 0.25) is 10.0 Å². The van der Waals surface area contributed by atoms with Crippen LogP contribution >= 0.6 is 39.1 Å². The van der Waals surface area contributed by atoms with Crippen LogP contribution in [-0.2, 0) is 13.2 Å². The van der Waals surface area contributed by atoms with Crippen LogP contribution in [0.4, 0.5) is 0 Å². The molecule has 0 aliphatic rings. The van der Waals surface area contributed by atoms with Crippen molar-refractivity contribution in [3.8, 4) is 5.75 Å². The summed E-state index contributed by atoms with van der Waals surface area (Å²) in [5, 5.41) is 4.77. The molecule has 0 aromatic heterocycles. The van der Waals surface area contributed by atoms with Crippen LogP contribution in [0.5, 0.6) is 5.75 Å². The van der Waals surface area contributed by atoms with E-state index in [4.69, 9.17) is 27.9 Å². The van der Waals surface area contributed by atoms with Gasteiger partial charge in [0.25, 0.3) is 0 Å². The van der Waals surface area contributed by atoms with Crippen molar-refractivity contribution in [3.63, 3.8) is 0 Å². The highest BCUT2D eigenvalue weighted by atomic mass is 79.9. The van der Waals surface area contributed by atoms with Crippen LogP contribution in [-0.4, -0.2) is 0 Å². The molecule has 0 aliphatic heterocycles. The molecule has 1 N–H and O–H groups in total. The zero-order valence-corrected chi connectivity index (χ0v) is 18.0. The van der Waals surface area contributed by atoms with Gasteiger partial charge in [-0.05, 0) is 42.8 Å². The predicted molar refractivity (Wildman–Crippen MR) is 117 cm³/mol. The summed E-state index contributed by atoms with van der Waals surface area (Å²) in [5.74, 6) is 0.807. The molecule has 1 atom stereocenters. The van der Waals surface area contributed by atoms with E-state index in [9.17, 15) is 0 Å². The summed E-state index contributed by atoms with van der Waals surface area (Å²) in [5.41, 5.74) is 3.11. The minimum Gasteiger partial charge on any atom is -0.488 e. The fourth-order valence-electron chi connectivity index (χ4n) is 2.77. The third kappa shape index (κ3) is 5.49. The molecule has 2 nitrogen and oxygen atoms in total. The van der Waals surface area contributed by atoms with E-state index in [0.29, 0.717) is 23.2 Å². The van der Waals surface area contributed by atoms with Gasteiger partial charge in [-0.3, -0.25) is 0 Å². The second-order valence-electron chi connectivity index (χ2n) is 6.25. The minimum atomic E-state index is 0.232. The highest BCUT2D eigenvalue weighted by Crippen LogP contribution is 2.29. The molecule has 3 rings (SSSR count). The molecule has 140 valence electrons. The van der Waals surface area contributed by atoms with Crippen molar-refractivity contribution in [1.29, 1.82) is 0 Å². The van der Waals surface area contributed by atoms with Crippen LogP contribution in [0.3, 0.4) is 0 Å². The summed E-state index contributed by atoms with van der Waals surface area (Å²) in [4.78, 5) is 0. The summed E-state index contributed by atoms with van der Waals surface area (Å²) < 4.78 is 7.06. The molecule has 0 aliphatic carbocycles. The van der Waals surface area contributed by atoms with Crippen LogP contribution in [0.25, 0.3) is 0 Å². The zero-order valence-electron chi connectivity index (χ0n) is 14.9. The number of ether oxygens (including phenoxy) is 1. The van der Waals surface area contributed by atoms with E-state index in [0.717, 1.165) is 21.3 Å². The fourth-order valence-corrected chi connectivity index (χ4v) is 3.68. The Morgan fingerprint density at radius 1 is 0.963 bits per heavy atom. The van der Waals surface area contributed by atoms with E-state index >= 15 is 0 Å². The Bertz CT molecular complexity index is 882. The lowest BCUT2D eigenvalue weighted by Crippen LogP contribution is -2.18. The lowest BCUT2D eigenvalue weighted by molar-refractivity contribution is 0.302. The Morgan fingerprint density at radius 2 is 1.67 bits per heavy atom. The molecule has 27 heavy (non-hydrogen) atoms. The largest absolute Gasteiger partial charge is 0.488 e. The first kappa shape index (κ1) is 20.2. The van der Waals surface area contributed by atoms with Crippen molar-refractivity contribution in [2.45, 2.75) is 26.1 Å². The molecule has 0 amide bonds. The Balaban J connectivity index is 1.71. The molecule has 0 fully saturated rings. The molecular formula is C22H20BrCl2NO. The third-order valence-electron chi connectivity index (χ3n) is 4.35. The van der Waals surface area contributed by atoms with Crippen molar-refractivity contribution >= 4 is 39.1 Å². The van der Waals surface area contributed by atoms with Gasteiger partial charge in [-0.1, -0.05) is 75.5 Å². The number of halogens is 3. The van der Waals surface area contributed by atoms with Crippen molar-refractivity contribution in [3.05, 3.63) is 97.9 Å². The number of hydrogen-bond acceptors (Lipinski definition) is 2. The molecule has 0 bridgehead atoms. The summed E-state index contributed by atoms with van der Waals surface area (Å²) in [7, 11) is 0. The Morgan fingerprint density at radius 3 is 2.37 bits per heavy atom. The first-order chi connectivity index (χ1) is 13.0. The Hall–Kier alpha value is -1.52. The molecular weight excluding hydrogens is 445 g/mol. The van der Waals surface area contributed by atoms with Crippen LogP contribution in [0, 0.1) is 0 Å². The quantitative estimate of drug-likeness (QED) is 0.399. The first-order valence-electron chi connectivity index (χ1n) is 8.67. The maximum Gasteiger partial charge on any atom is 0.124 e. The van der Waals surface area contributed by atoms with Crippen molar-refractivity contribution in [2.75, 3.05) is 0 Å². The van der Waals surface area contributed by atoms with Crippen LogP contribution in [0.1, 0.15) is 29.7 Å². The van der Waals surface area contributed by atoms with E-state index in [1.807, 2.05) is 36.4 Å². The van der Waals surface area contributed by atoms with Crippen molar-refractivity contribution in [1.82, 2.24) is 5.32 Å². The van der Waals surface area contributed by atoms with Gasteiger partial charge < -0.3 is 10.1 Å². The lowest BCUT2D eigenvalue weighted by Gasteiger charge is -2.17. The highest BCUT2D eigenvalue weighted by Gasteiger charge is 2.11. The number of nitrogens with one attached hydrogen (secondary N) is 1. The molecule has 0 heterocycles. The molecule has 3 aromatic rings. The number of hydrogen-bond donors (Lipinski definition) is 1. The van der Waals surface area contributed by atoms with Gasteiger partial charge in [0.1, 0.15) is 12.4 Å². The van der Waals surface area contributed by atoms with Crippen molar-refractivity contribution in [2.24, 2.45) is 0 Å². The van der Waals surface area contributed by atoms with Gasteiger partial charge in [-0.15, -0.1) is 0 Å². The fraction of sp³-hybridized carbons (Fsp3) is 0.182. The first-order valence-corrected chi connectivity index (χ1v) is 10.2. The Kier molecular flexibility index (Phi) is 7.20. The third-order valence-corrected chi connectivity index (χ3v) is 5.56. The van der Waals surface area contributed by atoms with Gasteiger partial charge in [0, 0.05) is 38.2 Å². The summed E-state index contributed by atoms with van der Waals surface area (Å²) in [6, 6.07) is 22.0. The van der Waals surface area contributed by atoms with E-state index in [2.05, 4.69) is 58.5 Å². The SMILES string of the molecule is CC(NCc1cc(Br)ccc1OCc1c(Cl)cccc1Cl)c1ccccc1. The highest BCUT2D eigenvalue weighted by molar-refractivity contribution is 9.10. The van der Waals surface area contributed by atoms with Gasteiger partial charge >= 0.3 is 0 Å². The second-order valence-corrected chi connectivity index (χ2v) is 7.98. The van der Waals surface area contributed by atoms with Crippen LogP contribution in [0.15, 0.2) is 71.2 Å². The summed E-state index contributed by atoms with van der Waals surface area (Å²) in [6.45, 7) is 3.15. The van der Waals surface area contributed by atoms with E-state index in [1.165, 1.54) is 5.56 Å². The van der Waals surface area contributed by atoms with Gasteiger partial charge in [0.05, 0.1) is 0 Å². The zero-order chi connectivity index (χ0) is 19.2. The smallest absolute Gasteiger partial charge is 0.124 e. The second kappa shape index (κ2) is 9.61. The minimum absolute atomic E-state index is 0.232. The lowest BCUT2D eigenvalue weighted by atomic mass is 10.1. The number of rotatable bonds is 7. The van der Waals surface area contributed by atoms with E-state index < -0.39 is 0 Å². The number of benzene rings is 3. The topological polar surface area (TPSA) is 21.3 Å². The molecule has 0 saturated heterocycles. The van der Waals surface area contributed by atoms with Crippen LogP contribution < -0.4 is 10.1 Å². The molecule has 0 radical (unpaired) electrons. The predicted octanol–water partition coefficient (Wildman–Crippen LogP) is 7.19. The molecule has 0 saturated carbocycles. The normalized spacial score (nSPS) is 12.0. The van der Waals surface area contributed by atoms with E-state index in [-0.39, 0.29) is 6.04 Å². The summed E-state index contributed by atoms with van der Waals surface area (Å²) >= 11 is 16.0. The standard InChI is InChI=1S/C22H20BrCl2NO/c1-15(16-6-3-2-4-7-16)26-13-17-12-18(23)10-11-22(17)27-14-19-20(24)8-5-9-21(19)25/h2-12,15,26H,13-14H2,1H3. The van der Waals surface area contributed by atoms with Gasteiger partial charge in [-0.25, -0.2) is 0 Å².